The van der Waals surface area contributed by atoms with E-state index in [9.17, 15) is 0 Å². The lowest BCUT2D eigenvalue weighted by molar-refractivity contribution is 1.32. The average Bonchev–Trinajstić information content (AvgIpc) is 3.79. The molecular weight excluding hydrogens is 691 g/mol. The van der Waals surface area contributed by atoms with Crippen molar-refractivity contribution >= 4 is 104 Å². The highest BCUT2D eigenvalue weighted by Crippen LogP contribution is 2.49. The topological polar surface area (TPSA) is 3.24 Å². The van der Waals surface area contributed by atoms with Crippen LogP contribution in [-0.2, 0) is 0 Å². The van der Waals surface area contributed by atoms with Gasteiger partial charge in [0.1, 0.15) is 0 Å². The van der Waals surface area contributed by atoms with Gasteiger partial charge in [-0.15, -0.1) is 22.7 Å². The molecule has 0 amide bonds. The van der Waals surface area contributed by atoms with Crippen LogP contribution in [0.1, 0.15) is 17.4 Å². The molecule has 0 aliphatic rings. The van der Waals surface area contributed by atoms with Gasteiger partial charge in [-0.1, -0.05) is 146 Å². The summed E-state index contributed by atoms with van der Waals surface area (Å²) < 4.78 is 3.85. The maximum absolute atomic E-state index is 4.24. The number of hydrogen-bond acceptors (Lipinski definition) is 3. The Kier molecular flexibility index (Phi) is 7.98. The van der Waals surface area contributed by atoms with Crippen LogP contribution in [0.15, 0.2) is 176 Å². The van der Waals surface area contributed by atoms with E-state index in [4.69, 9.17) is 0 Å². The van der Waals surface area contributed by atoms with E-state index in [1.165, 1.54) is 84.5 Å². The number of fused-ring (bicyclic) bond motifs is 7. The summed E-state index contributed by atoms with van der Waals surface area (Å²) >= 11 is 3.70. The molecule has 1 nitrogen and oxygen atoms in total. The fourth-order valence-corrected chi connectivity index (χ4v) is 10.5. The zero-order chi connectivity index (χ0) is 36.2. The molecule has 0 aliphatic carbocycles. The summed E-state index contributed by atoms with van der Waals surface area (Å²) in [6.45, 7) is 6.32. The molecule has 0 radical (unpaired) electrons. The Balaban J connectivity index is 1.29. The number of allylic oxidation sites excluding steroid dienone is 1. The molecule has 0 spiro atoms. The predicted octanol–water partition coefficient (Wildman–Crippen LogP) is 16.1. The first-order valence-electron chi connectivity index (χ1n) is 18.3. The molecule has 256 valence electrons. The molecule has 3 heteroatoms. The fourth-order valence-electron chi connectivity index (χ4n) is 8.10. The van der Waals surface area contributed by atoms with Crippen LogP contribution in [-0.4, -0.2) is 0 Å². The molecule has 10 aromatic rings. The van der Waals surface area contributed by atoms with Crippen LogP contribution in [0, 0.1) is 0 Å². The first-order chi connectivity index (χ1) is 26.7. The van der Waals surface area contributed by atoms with Gasteiger partial charge in [-0.05, 0) is 93.4 Å². The second kappa shape index (κ2) is 13.3. The van der Waals surface area contributed by atoms with Crippen LogP contribution in [0.2, 0.25) is 0 Å². The highest BCUT2D eigenvalue weighted by atomic mass is 32.1. The van der Waals surface area contributed by atoms with Crippen molar-refractivity contribution in [2.45, 2.75) is 6.92 Å². The quantitative estimate of drug-likeness (QED) is 0.148. The molecule has 0 atom stereocenters. The minimum Gasteiger partial charge on any atom is -0.308 e. The van der Waals surface area contributed by atoms with E-state index < -0.39 is 0 Å². The van der Waals surface area contributed by atoms with Crippen LogP contribution in [0.4, 0.5) is 17.1 Å². The zero-order valence-corrected chi connectivity index (χ0v) is 31.4. The summed E-state index contributed by atoms with van der Waals surface area (Å²) in [6, 6.07) is 60.3. The maximum Gasteiger partial charge on any atom is 0.0640 e. The van der Waals surface area contributed by atoms with Crippen molar-refractivity contribution in [1.29, 1.82) is 0 Å². The molecule has 0 aliphatic heterocycles. The summed E-state index contributed by atoms with van der Waals surface area (Å²) in [6.07, 6.45) is 6.33. The van der Waals surface area contributed by atoms with Crippen LogP contribution in [0.25, 0.3) is 86.2 Å². The Labute approximate surface area is 323 Å². The van der Waals surface area contributed by atoms with E-state index in [0.717, 1.165) is 17.1 Å². The van der Waals surface area contributed by atoms with Crippen LogP contribution in [0.3, 0.4) is 0 Å². The molecule has 54 heavy (non-hydrogen) atoms. The SMILES string of the molecule is C=Cc1c(/C=C\C)sc2c(N(c3ccc(-c4ccccc4)c(-c4ccc5c(c4)sc4ccccc45)c3)c3cc4ccccc4c4ccccc34)cccc12. The lowest BCUT2D eigenvalue weighted by Crippen LogP contribution is -2.11. The Morgan fingerprint density at radius 2 is 1.22 bits per heavy atom. The number of nitrogens with zero attached hydrogens (tertiary/aromatic N) is 1. The lowest BCUT2D eigenvalue weighted by atomic mass is 9.92. The van der Waals surface area contributed by atoms with Gasteiger partial charge >= 0.3 is 0 Å². The minimum atomic E-state index is 1.11. The van der Waals surface area contributed by atoms with Crippen LogP contribution >= 0.6 is 22.7 Å². The van der Waals surface area contributed by atoms with Crippen molar-refractivity contribution in [2.75, 3.05) is 4.90 Å². The molecular formula is C51H35NS2. The third kappa shape index (κ3) is 5.28. The highest BCUT2D eigenvalue weighted by molar-refractivity contribution is 7.25. The van der Waals surface area contributed by atoms with Crippen molar-refractivity contribution in [2.24, 2.45) is 0 Å². The van der Waals surface area contributed by atoms with Gasteiger partial charge in [0.2, 0.25) is 0 Å². The number of anilines is 3. The summed E-state index contributed by atoms with van der Waals surface area (Å²) in [4.78, 5) is 3.71. The van der Waals surface area contributed by atoms with Gasteiger partial charge in [-0.2, -0.15) is 0 Å². The van der Waals surface area contributed by atoms with E-state index >= 15 is 0 Å². The molecule has 0 saturated heterocycles. The first kappa shape index (κ1) is 32.4. The predicted molar refractivity (Wildman–Crippen MR) is 240 cm³/mol. The van der Waals surface area contributed by atoms with E-state index in [1.807, 2.05) is 28.7 Å². The normalized spacial score (nSPS) is 11.8. The van der Waals surface area contributed by atoms with Gasteiger partial charge in [0, 0.05) is 41.5 Å². The Bertz CT molecular complexity index is 3090. The Morgan fingerprint density at radius 1 is 0.500 bits per heavy atom. The van der Waals surface area contributed by atoms with E-state index in [1.54, 1.807) is 0 Å². The van der Waals surface area contributed by atoms with Gasteiger partial charge in [0.15, 0.2) is 0 Å². The van der Waals surface area contributed by atoms with Crippen molar-refractivity contribution in [1.82, 2.24) is 0 Å². The monoisotopic (exact) mass is 725 g/mol. The fraction of sp³-hybridized carbons (Fsp3) is 0.0196. The number of thiophene rings is 2. The Morgan fingerprint density at radius 3 is 2.06 bits per heavy atom. The van der Waals surface area contributed by atoms with E-state index in [2.05, 4.69) is 194 Å². The third-order valence-electron chi connectivity index (χ3n) is 10.5. The lowest BCUT2D eigenvalue weighted by Gasteiger charge is -2.29. The highest BCUT2D eigenvalue weighted by Gasteiger charge is 2.23. The van der Waals surface area contributed by atoms with Crippen molar-refractivity contribution < 1.29 is 0 Å². The standard InChI is InChI=1S/C51H35NS2/c1-3-15-48-37(4-2)44-23-14-24-46(51(44)54-48)52(47-30-34-18-8-9-19-38(34)40-20-10-11-21-41(40)47)36-27-29-39(33-16-6-5-7-17-33)45(32-36)35-26-28-43-42-22-12-13-25-49(42)53-50(43)31-35/h3-32H,2H2,1H3/b15-3-. The smallest absolute Gasteiger partial charge is 0.0640 e. The molecule has 8 aromatic carbocycles. The molecule has 0 bridgehead atoms. The molecule has 0 saturated carbocycles. The number of rotatable bonds is 7. The van der Waals surface area contributed by atoms with Crippen molar-refractivity contribution in [3.8, 4) is 22.3 Å². The minimum absolute atomic E-state index is 1.11. The van der Waals surface area contributed by atoms with Gasteiger partial charge in [-0.25, -0.2) is 0 Å². The molecule has 2 aromatic heterocycles. The third-order valence-corrected chi connectivity index (χ3v) is 12.9. The van der Waals surface area contributed by atoms with Crippen molar-refractivity contribution in [3.63, 3.8) is 0 Å². The zero-order valence-electron chi connectivity index (χ0n) is 29.8. The molecule has 0 unspecified atom stereocenters. The molecule has 2 heterocycles. The second-order valence-electron chi connectivity index (χ2n) is 13.6. The van der Waals surface area contributed by atoms with Crippen molar-refractivity contribution in [3.05, 3.63) is 187 Å². The molecule has 0 N–H and O–H groups in total. The van der Waals surface area contributed by atoms with Crippen LogP contribution < -0.4 is 4.90 Å². The largest absolute Gasteiger partial charge is 0.308 e. The van der Waals surface area contributed by atoms with Crippen LogP contribution in [0.5, 0.6) is 0 Å². The maximum atomic E-state index is 4.24. The Hall–Kier alpha value is -6.26. The molecule has 0 fully saturated rings. The summed E-state index contributed by atoms with van der Waals surface area (Å²) in [5, 5.41) is 8.76. The van der Waals surface area contributed by atoms with E-state index in [0.29, 0.717) is 0 Å². The van der Waals surface area contributed by atoms with Gasteiger partial charge in [0.25, 0.3) is 0 Å². The number of hydrogen-bond donors (Lipinski definition) is 0. The first-order valence-corrected chi connectivity index (χ1v) is 20.0. The summed E-state index contributed by atoms with van der Waals surface area (Å²) in [7, 11) is 0. The second-order valence-corrected chi connectivity index (χ2v) is 15.8. The average molecular weight is 726 g/mol. The van der Waals surface area contributed by atoms with E-state index in [-0.39, 0.29) is 0 Å². The summed E-state index contributed by atoms with van der Waals surface area (Å²) in [5.74, 6) is 0. The number of benzene rings is 8. The molecule has 10 rings (SSSR count). The van der Waals surface area contributed by atoms with Gasteiger partial charge in [-0.3, -0.25) is 0 Å². The van der Waals surface area contributed by atoms with Gasteiger partial charge < -0.3 is 4.90 Å². The van der Waals surface area contributed by atoms with Gasteiger partial charge in [0.05, 0.1) is 16.1 Å². The summed E-state index contributed by atoms with van der Waals surface area (Å²) in [5.41, 5.74) is 9.40.